The Labute approximate surface area is 150 Å². The third-order valence-electron chi connectivity index (χ3n) is 3.95. The fraction of sp³-hybridized carbons (Fsp3) is 0.118. The van der Waals surface area contributed by atoms with E-state index in [1.54, 1.807) is 18.7 Å². The molecule has 2 N–H and O–H groups in total. The standard InChI is InChI=1S/C17H17N5O3S/c1-12-16(17(23)22(21(12)2)14-6-4-3-5-7-14)20-19-13-8-10-15(11-9-13)26(18,24)25/h3-11H,1-2H3,(H2,18,24,25). The highest BCUT2D eigenvalue weighted by Gasteiger charge is 2.15. The van der Waals surface area contributed by atoms with Gasteiger partial charge in [0.05, 0.1) is 22.0 Å². The molecule has 0 aliphatic rings. The lowest BCUT2D eigenvalue weighted by molar-refractivity contribution is 0.598. The van der Waals surface area contributed by atoms with E-state index in [1.165, 1.54) is 28.9 Å². The monoisotopic (exact) mass is 371 g/mol. The molecule has 0 saturated carbocycles. The quantitative estimate of drug-likeness (QED) is 0.711. The number of hydrogen-bond acceptors (Lipinski definition) is 5. The Bertz CT molecular complexity index is 1130. The zero-order chi connectivity index (χ0) is 18.9. The summed E-state index contributed by atoms with van der Waals surface area (Å²) in [7, 11) is -1.99. The Morgan fingerprint density at radius 2 is 1.58 bits per heavy atom. The van der Waals surface area contributed by atoms with Gasteiger partial charge in [-0.3, -0.25) is 9.48 Å². The largest absolute Gasteiger partial charge is 0.299 e. The summed E-state index contributed by atoms with van der Waals surface area (Å²) in [6, 6.07) is 14.8. The van der Waals surface area contributed by atoms with Crippen molar-refractivity contribution in [3.63, 3.8) is 0 Å². The molecule has 26 heavy (non-hydrogen) atoms. The highest BCUT2D eigenvalue weighted by molar-refractivity contribution is 7.89. The van der Waals surface area contributed by atoms with Gasteiger partial charge in [-0.25, -0.2) is 18.2 Å². The van der Waals surface area contributed by atoms with Crippen molar-refractivity contribution >= 4 is 21.4 Å². The van der Waals surface area contributed by atoms with Gasteiger partial charge in [0.25, 0.3) is 5.56 Å². The molecule has 0 bridgehead atoms. The van der Waals surface area contributed by atoms with Gasteiger partial charge in [-0.2, -0.15) is 5.11 Å². The van der Waals surface area contributed by atoms with E-state index in [0.717, 1.165) is 5.69 Å². The van der Waals surface area contributed by atoms with E-state index in [0.29, 0.717) is 11.4 Å². The van der Waals surface area contributed by atoms with Gasteiger partial charge in [0.2, 0.25) is 10.0 Å². The number of nitrogens with two attached hydrogens (primary N) is 1. The summed E-state index contributed by atoms with van der Waals surface area (Å²) in [4.78, 5) is 12.7. The Hall–Kier alpha value is -3.04. The molecule has 0 fully saturated rings. The number of nitrogens with zero attached hydrogens (tertiary/aromatic N) is 4. The molecular formula is C17H17N5O3S. The van der Waals surface area contributed by atoms with Gasteiger partial charge in [0.15, 0.2) is 5.69 Å². The summed E-state index contributed by atoms with van der Waals surface area (Å²) in [5, 5.41) is 13.2. The van der Waals surface area contributed by atoms with Crippen LogP contribution in [0.3, 0.4) is 0 Å². The van der Waals surface area contributed by atoms with E-state index in [1.807, 2.05) is 30.3 Å². The molecule has 3 rings (SSSR count). The van der Waals surface area contributed by atoms with Crippen LogP contribution in [-0.2, 0) is 17.1 Å². The third-order valence-corrected chi connectivity index (χ3v) is 4.88. The van der Waals surface area contributed by atoms with Crippen molar-refractivity contribution < 1.29 is 8.42 Å². The second kappa shape index (κ2) is 6.70. The van der Waals surface area contributed by atoms with Crippen molar-refractivity contribution in [1.82, 2.24) is 9.36 Å². The second-order valence-electron chi connectivity index (χ2n) is 5.65. The second-order valence-corrected chi connectivity index (χ2v) is 7.21. The Kier molecular flexibility index (Phi) is 4.58. The lowest BCUT2D eigenvalue weighted by Crippen LogP contribution is -2.19. The van der Waals surface area contributed by atoms with Gasteiger partial charge in [-0.15, -0.1) is 5.11 Å². The minimum absolute atomic E-state index is 0.0150. The number of primary sulfonamides is 1. The van der Waals surface area contributed by atoms with Crippen LogP contribution in [0.15, 0.2) is 74.5 Å². The smallest absolute Gasteiger partial charge is 0.283 e. The van der Waals surface area contributed by atoms with Crippen LogP contribution in [-0.4, -0.2) is 17.8 Å². The molecule has 0 aliphatic heterocycles. The van der Waals surface area contributed by atoms with E-state index in [-0.39, 0.29) is 16.1 Å². The first kappa shape index (κ1) is 17.8. The van der Waals surface area contributed by atoms with Crippen LogP contribution >= 0.6 is 0 Å². The molecule has 1 heterocycles. The van der Waals surface area contributed by atoms with Crippen molar-refractivity contribution in [2.45, 2.75) is 11.8 Å². The first-order valence-electron chi connectivity index (χ1n) is 7.67. The predicted molar refractivity (Wildman–Crippen MR) is 97.7 cm³/mol. The van der Waals surface area contributed by atoms with E-state index in [4.69, 9.17) is 5.14 Å². The van der Waals surface area contributed by atoms with Crippen LogP contribution in [0.5, 0.6) is 0 Å². The number of azo groups is 1. The van der Waals surface area contributed by atoms with Crippen molar-refractivity contribution in [2.75, 3.05) is 0 Å². The van der Waals surface area contributed by atoms with Gasteiger partial charge in [0, 0.05) is 7.05 Å². The van der Waals surface area contributed by atoms with Crippen molar-refractivity contribution in [3.8, 4) is 5.69 Å². The molecular weight excluding hydrogens is 354 g/mol. The summed E-state index contributed by atoms with van der Waals surface area (Å²) in [6.45, 7) is 1.78. The summed E-state index contributed by atoms with van der Waals surface area (Å²) < 4.78 is 25.7. The van der Waals surface area contributed by atoms with Crippen LogP contribution in [0, 0.1) is 6.92 Å². The van der Waals surface area contributed by atoms with Crippen molar-refractivity contribution in [2.24, 2.45) is 22.4 Å². The zero-order valence-corrected chi connectivity index (χ0v) is 15.0. The molecule has 0 amide bonds. The van der Waals surface area contributed by atoms with Gasteiger partial charge in [-0.05, 0) is 43.3 Å². The van der Waals surface area contributed by atoms with E-state index >= 15 is 0 Å². The van der Waals surface area contributed by atoms with Crippen molar-refractivity contribution in [1.29, 1.82) is 0 Å². The number of rotatable bonds is 4. The average molecular weight is 371 g/mol. The molecule has 2 aromatic carbocycles. The molecule has 1 aromatic heterocycles. The molecule has 0 spiro atoms. The SMILES string of the molecule is Cc1c(N=Nc2ccc(S(N)(=O)=O)cc2)c(=O)n(-c2ccccc2)n1C. The maximum absolute atomic E-state index is 12.7. The average Bonchev–Trinajstić information content (AvgIpc) is 2.83. The molecule has 0 atom stereocenters. The number of para-hydroxylation sites is 1. The van der Waals surface area contributed by atoms with Crippen LogP contribution in [0.2, 0.25) is 0 Å². The fourth-order valence-electron chi connectivity index (χ4n) is 2.48. The molecule has 8 nitrogen and oxygen atoms in total. The number of sulfonamides is 1. The van der Waals surface area contributed by atoms with Crippen molar-refractivity contribution in [3.05, 3.63) is 70.6 Å². The fourth-order valence-corrected chi connectivity index (χ4v) is 3.00. The summed E-state index contributed by atoms with van der Waals surface area (Å²) in [5.74, 6) is 0. The lowest BCUT2D eigenvalue weighted by Gasteiger charge is -2.07. The van der Waals surface area contributed by atoms with Crippen LogP contribution in [0.1, 0.15) is 5.69 Å². The molecule has 134 valence electrons. The molecule has 0 aliphatic carbocycles. The van der Waals surface area contributed by atoms with Crippen LogP contribution < -0.4 is 10.7 Å². The molecule has 0 radical (unpaired) electrons. The first-order chi connectivity index (χ1) is 12.3. The number of hydrogen-bond donors (Lipinski definition) is 1. The maximum Gasteiger partial charge on any atom is 0.299 e. The topological polar surface area (TPSA) is 112 Å². The molecule has 0 unspecified atom stereocenters. The molecule has 3 aromatic rings. The summed E-state index contributed by atoms with van der Waals surface area (Å²) >= 11 is 0. The van der Waals surface area contributed by atoms with Gasteiger partial charge < -0.3 is 0 Å². The van der Waals surface area contributed by atoms with Gasteiger partial charge in [-0.1, -0.05) is 18.2 Å². The maximum atomic E-state index is 12.7. The highest BCUT2D eigenvalue weighted by Crippen LogP contribution is 2.21. The minimum Gasteiger partial charge on any atom is -0.283 e. The first-order valence-corrected chi connectivity index (χ1v) is 9.22. The molecule has 9 heteroatoms. The Morgan fingerprint density at radius 1 is 0.962 bits per heavy atom. The van der Waals surface area contributed by atoms with Gasteiger partial charge in [0.1, 0.15) is 0 Å². The minimum atomic E-state index is -3.76. The van der Waals surface area contributed by atoms with E-state index < -0.39 is 10.0 Å². The summed E-state index contributed by atoms with van der Waals surface area (Å²) in [6.07, 6.45) is 0. The van der Waals surface area contributed by atoms with E-state index in [2.05, 4.69) is 10.2 Å². The lowest BCUT2D eigenvalue weighted by atomic mass is 10.3. The number of aromatic nitrogens is 2. The summed E-state index contributed by atoms with van der Waals surface area (Å²) in [5.41, 5.74) is 1.71. The Balaban J connectivity index is 1.98. The highest BCUT2D eigenvalue weighted by atomic mass is 32.2. The van der Waals surface area contributed by atoms with Crippen LogP contribution in [0.25, 0.3) is 5.69 Å². The Morgan fingerprint density at radius 3 is 2.15 bits per heavy atom. The van der Waals surface area contributed by atoms with Crippen LogP contribution in [0.4, 0.5) is 11.4 Å². The number of benzene rings is 2. The normalized spacial score (nSPS) is 12.0. The third kappa shape index (κ3) is 3.35. The predicted octanol–water partition coefficient (Wildman–Crippen LogP) is 2.55. The zero-order valence-electron chi connectivity index (χ0n) is 14.2. The van der Waals surface area contributed by atoms with Gasteiger partial charge >= 0.3 is 0 Å². The van der Waals surface area contributed by atoms with E-state index in [9.17, 15) is 13.2 Å². The molecule has 0 saturated heterocycles.